The Kier molecular flexibility index (Phi) is 5.02. The highest BCUT2D eigenvalue weighted by molar-refractivity contribution is 7.22. The Morgan fingerprint density at radius 3 is 2.88 bits per heavy atom. The maximum Gasteiger partial charge on any atom is 0.227 e. The molecule has 0 saturated carbocycles. The van der Waals surface area contributed by atoms with Crippen LogP contribution < -0.4 is 9.64 Å². The van der Waals surface area contributed by atoms with Crippen LogP contribution in [0.2, 0.25) is 0 Å². The first-order valence-electron chi connectivity index (χ1n) is 9.62. The van der Waals surface area contributed by atoms with Gasteiger partial charge >= 0.3 is 0 Å². The van der Waals surface area contributed by atoms with Gasteiger partial charge in [0.2, 0.25) is 5.91 Å². The monoisotopic (exact) mass is 373 g/mol. The summed E-state index contributed by atoms with van der Waals surface area (Å²) >= 11 is 1.69. The lowest BCUT2D eigenvalue weighted by molar-refractivity contribution is -0.137. The molecule has 2 unspecified atom stereocenters. The minimum atomic E-state index is 0.107. The van der Waals surface area contributed by atoms with Crippen LogP contribution in [-0.2, 0) is 4.79 Å². The molecule has 2 fully saturated rings. The van der Waals surface area contributed by atoms with Crippen LogP contribution in [0.4, 0.5) is 5.13 Å². The van der Waals surface area contributed by atoms with E-state index in [0.29, 0.717) is 11.8 Å². The fourth-order valence-electron chi connectivity index (χ4n) is 4.16. The summed E-state index contributed by atoms with van der Waals surface area (Å²) in [5, 5.41) is 1.03. The third kappa shape index (κ3) is 3.52. The second-order valence-electron chi connectivity index (χ2n) is 7.65. The number of methoxy groups -OCH3 is 1. The number of rotatable bonds is 3. The van der Waals surface area contributed by atoms with Crippen molar-refractivity contribution in [2.24, 2.45) is 11.8 Å². The Labute approximate surface area is 159 Å². The summed E-state index contributed by atoms with van der Waals surface area (Å²) < 4.78 is 6.45. The fraction of sp³-hybridized carbons (Fsp3) is 0.600. The number of amides is 1. The number of ether oxygens (including phenoxy) is 1. The van der Waals surface area contributed by atoms with Crippen molar-refractivity contribution in [1.29, 1.82) is 0 Å². The normalized spacial score (nSPS) is 24.1. The third-order valence-corrected chi connectivity index (χ3v) is 6.67. The van der Waals surface area contributed by atoms with Gasteiger partial charge in [0.25, 0.3) is 0 Å². The van der Waals surface area contributed by atoms with Crippen LogP contribution >= 0.6 is 11.3 Å². The Balaban J connectivity index is 1.48. The molecule has 2 aliphatic heterocycles. The molecule has 0 radical (unpaired) electrons. The van der Waals surface area contributed by atoms with E-state index in [9.17, 15) is 4.79 Å². The zero-order valence-electron chi connectivity index (χ0n) is 15.6. The molecule has 2 atom stereocenters. The number of piperidine rings is 2. The molecule has 1 aromatic carbocycles. The number of carbonyl (C=O) groups is 1. The van der Waals surface area contributed by atoms with Gasteiger partial charge in [-0.05, 0) is 49.8 Å². The number of hydrogen-bond acceptors (Lipinski definition) is 5. The molecule has 2 aliphatic rings. The smallest absolute Gasteiger partial charge is 0.227 e. The van der Waals surface area contributed by atoms with E-state index in [1.165, 1.54) is 6.42 Å². The number of likely N-dealkylation sites (tertiary alicyclic amines) is 1. The number of anilines is 1. The fourth-order valence-corrected chi connectivity index (χ4v) is 5.18. The quantitative estimate of drug-likeness (QED) is 0.821. The second-order valence-corrected chi connectivity index (χ2v) is 8.66. The van der Waals surface area contributed by atoms with Crippen LogP contribution in [0.25, 0.3) is 10.2 Å². The minimum Gasteiger partial charge on any atom is -0.497 e. The van der Waals surface area contributed by atoms with Gasteiger partial charge in [-0.15, -0.1) is 0 Å². The van der Waals surface area contributed by atoms with Gasteiger partial charge in [-0.1, -0.05) is 18.3 Å². The predicted octanol–water partition coefficient (Wildman–Crippen LogP) is 3.78. The van der Waals surface area contributed by atoms with E-state index in [4.69, 9.17) is 9.72 Å². The first-order valence-corrected chi connectivity index (χ1v) is 10.4. The lowest BCUT2D eigenvalue weighted by Gasteiger charge is -2.37. The molecule has 0 spiro atoms. The molecular weight excluding hydrogens is 346 g/mol. The maximum atomic E-state index is 13.0. The maximum absolute atomic E-state index is 13.0. The zero-order valence-corrected chi connectivity index (χ0v) is 16.4. The molecule has 0 N–H and O–H groups in total. The van der Waals surface area contributed by atoms with Gasteiger partial charge in [0, 0.05) is 26.2 Å². The third-order valence-electron chi connectivity index (χ3n) is 5.59. The lowest BCUT2D eigenvalue weighted by atomic mass is 9.94. The number of thiazole rings is 1. The van der Waals surface area contributed by atoms with E-state index in [1.54, 1.807) is 18.4 Å². The van der Waals surface area contributed by atoms with Gasteiger partial charge in [0.1, 0.15) is 5.75 Å². The summed E-state index contributed by atoms with van der Waals surface area (Å²) in [5.41, 5.74) is 1.00. The summed E-state index contributed by atoms with van der Waals surface area (Å²) in [7, 11) is 1.69. The topological polar surface area (TPSA) is 45.7 Å². The first-order chi connectivity index (χ1) is 12.6. The molecule has 6 heteroatoms. The molecule has 1 amide bonds. The molecule has 26 heavy (non-hydrogen) atoms. The van der Waals surface area contributed by atoms with Crippen LogP contribution in [-0.4, -0.2) is 49.1 Å². The molecule has 5 nitrogen and oxygen atoms in total. The van der Waals surface area contributed by atoms with Crippen molar-refractivity contribution in [3.63, 3.8) is 0 Å². The molecule has 2 saturated heterocycles. The lowest BCUT2D eigenvalue weighted by Crippen LogP contribution is -2.47. The Hall–Kier alpha value is -1.82. The van der Waals surface area contributed by atoms with Crippen LogP contribution in [0.1, 0.15) is 32.6 Å². The Bertz CT molecular complexity index is 790. The van der Waals surface area contributed by atoms with Gasteiger partial charge in [0.05, 0.1) is 23.2 Å². The van der Waals surface area contributed by atoms with Crippen molar-refractivity contribution in [3.8, 4) is 5.75 Å². The molecule has 0 aliphatic carbocycles. The summed E-state index contributed by atoms with van der Waals surface area (Å²) in [5.74, 6) is 1.95. The Morgan fingerprint density at radius 1 is 1.23 bits per heavy atom. The largest absolute Gasteiger partial charge is 0.497 e. The van der Waals surface area contributed by atoms with Crippen molar-refractivity contribution in [3.05, 3.63) is 18.2 Å². The number of benzene rings is 1. The van der Waals surface area contributed by atoms with E-state index >= 15 is 0 Å². The van der Waals surface area contributed by atoms with Crippen molar-refractivity contribution in [1.82, 2.24) is 9.88 Å². The van der Waals surface area contributed by atoms with E-state index in [0.717, 1.165) is 66.5 Å². The van der Waals surface area contributed by atoms with E-state index < -0.39 is 0 Å². The first kappa shape index (κ1) is 17.6. The highest BCUT2D eigenvalue weighted by Crippen LogP contribution is 2.34. The van der Waals surface area contributed by atoms with Crippen molar-refractivity contribution >= 4 is 32.6 Å². The number of carbonyl (C=O) groups excluding carboxylic acids is 1. The molecule has 0 bridgehead atoms. The minimum absolute atomic E-state index is 0.107. The second kappa shape index (κ2) is 7.43. The number of aromatic nitrogens is 1. The molecule has 140 valence electrons. The van der Waals surface area contributed by atoms with E-state index in [2.05, 4.69) is 16.7 Å². The van der Waals surface area contributed by atoms with Crippen LogP contribution in [0.5, 0.6) is 5.75 Å². The van der Waals surface area contributed by atoms with Gasteiger partial charge < -0.3 is 14.5 Å². The zero-order chi connectivity index (χ0) is 18.1. The van der Waals surface area contributed by atoms with E-state index in [-0.39, 0.29) is 5.92 Å². The van der Waals surface area contributed by atoms with Gasteiger partial charge in [-0.25, -0.2) is 4.98 Å². The highest BCUT2D eigenvalue weighted by Gasteiger charge is 2.32. The van der Waals surface area contributed by atoms with E-state index in [1.807, 2.05) is 18.2 Å². The predicted molar refractivity (Wildman–Crippen MR) is 106 cm³/mol. The standard InChI is InChI=1S/C20H27N3O2S/c1-14-5-3-9-22(12-14)19(24)15-6-4-10-23(13-15)20-21-17-8-7-16(25-2)11-18(17)26-20/h7-8,11,14-15H,3-6,9-10,12-13H2,1-2H3. The van der Waals surface area contributed by atoms with Gasteiger partial charge in [-0.3, -0.25) is 4.79 Å². The average molecular weight is 374 g/mol. The highest BCUT2D eigenvalue weighted by atomic mass is 32.1. The summed E-state index contributed by atoms with van der Waals surface area (Å²) in [6.45, 7) is 5.89. The van der Waals surface area contributed by atoms with Crippen LogP contribution in [0.3, 0.4) is 0 Å². The van der Waals surface area contributed by atoms with Crippen molar-refractivity contribution < 1.29 is 9.53 Å². The molecule has 4 rings (SSSR count). The number of fused-ring (bicyclic) bond motifs is 1. The van der Waals surface area contributed by atoms with Crippen LogP contribution in [0, 0.1) is 11.8 Å². The molecular formula is C20H27N3O2S. The van der Waals surface area contributed by atoms with Gasteiger partial charge in [0.15, 0.2) is 5.13 Å². The van der Waals surface area contributed by atoms with Crippen molar-refractivity contribution in [2.45, 2.75) is 32.6 Å². The number of nitrogens with zero attached hydrogens (tertiary/aromatic N) is 3. The summed E-state index contributed by atoms with van der Waals surface area (Å²) in [6, 6.07) is 6.00. The molecule has 2 aromatic rings. The Morgan fingerprint density at radius 2 is 2.08 bits per heavy atom. The SMILES string of the molecule is COc1ccc2nc(N3CCCC(C(=O)N4CCCC(C)C4)C3)sc2c1. The molecule has 3 heterocycles. The van der Waals surface area contributed by atoms with Crippen molar-refractivity contribution in [2.75, 3.05) is 38.2 Å². The molecule has 1 aromatic heterocycles. The average Bonchev–Trinajstić information content (AvgIpc) is 3.10. The van der Waals surface area contributed by atoms with Crippen LogP contribution in [0.15, 0.2) is 18.2 Å². The van der Waals surface area contributed by atoms with Gasteiger partial charge in [-0.2, -0.15) is 0 Å². The summed E-state index contributed by atoms with van der Waals surface area (Å²) in [4.78, 5) is 22.2. The number of hydrogen-bond donors (Lipinski definition) is 0. The summed E-state index contributed by atoms with van der Waals surface area (Å²) in [6.07, 6.45) is 4.44.